The van der Waals surface area contributed by atoms with Gasteiger partial charge in [-0.05, 0) is 67.6 Å². The lowest BCUT2D eigenvalue weighted by Crippen LogP contribution is -2.41. The molecule has 2 aromatic rings. The molecule has 2 atom stereocenters. The van der Waals surface area contributed by atoms with Crippen LogP contribution in [0.1, 0.15) is 41.2 Å². The summed E-state index contributed by atoms with van der Waals surface area (Å²) in [5.74, 6) is 0.940. The molecule has 0 amide bonds. The summed E-state index contributed by atoms with van der Waals surface area (Å²) in [6, 6.07) is 8.20. The maximum absolute atomic E-state index is 10.6. The maximum Gasteiger partial charge on any atom is 0.122 e. The number of hydrogen-bond acceptors (Lipinski definition) is 5. The number of pyridine rings is 1. The van der Waals surface area contributed by atoms with E-state index >= 15 is 0 Å². The zero-order valence-corrected chi connectivity index (χ0v) is 16.0. The minimum absolute atomic E-state index is 0.111. The molecule has 1 aromatic carbocycles. The Bertz CT molecular complexity index is 773. The van der Waals surface area contributed by atoms with Gasteiger partial charge in [-0.15, -0.1) is 0 Å². The highest BCUT2D eigenvalue weighted by atomic mass is 16.5. The molecule has 4 rings (SSSR count). The van der Waals surface area contributed by atoms with Gasteiger partial charge >= 0.3 is 0 Å². The molecule has 2 unspecified atom stereocenters. The second kappa shape index (κ2) is 7.97. The van der Waals surface area contributed by atoms with Crippen LogP contribution < -0.4 is 5.73 Å². The predicted molar refractivity (Wildman–Crippen MR) is 105 cm³/mol. The Morgan fingerprint density at radius 3 is 2.63 bits per heavy atom. The maximum atomic E-state index is 10.6. The Hall–Kier alpha value is -1.95. The summed E-state index contributed by atoms with van der Waals surface area (Å²) in [4.78, 5) is 6.60. The Labute approximate surface area is 161 Å². The van der Waals surface area contributed by atoms with E-state index in [0.29, 0.717) is 18.2 Å². The lowest BCUT2D eigenvalue weighted by atomic mass is 9.83. The highest BCUT2D eigenvalue weighted by Gasteiger charge is 2.35. The van der Waals surface area contributed by atoms with E-state index in [1.54, 1.807) is 0 Å². The van der Waals surface area contributed by atoms with Crippen LogP contribution in [0.4, 0.5) is 0 Å². The monoisotopic (exact) mass is 367 g/mol. The number of benzene rings is 1. The summed E-state index contributed by atoms with van der Waals surface area (Å²) in [7, 11) is 0. The van der Waals surface area contributed by atoms with Gasteiger partial charge in [0.1, 0.15) is 5.75 Å². The van der Waals surface area contributed by atoms with Crippen molar-refractivity contribution < 1.29 is 9.84 Å². The molecule has 5 heteroatoms. The molecule has 2 aliphatic rings. The van der Waals surface area contributed by atoms with Crippen LogP contribution in [0.25, 0.3) is 0 Å². The molecule has 5 nitrogen and oxygen atoms in total. The van der Waals surface area contributed by atoms with Crippen molar-refractivity contribution in [3.8, 4) is 5.75 Å². The van der Waals surface area contributed by atoms with E-state index in [-0.39, 0.29) is 12.2 Å². The van der Waals surface area contributed by atoms with Gasteiger partial charge < -0.3 is 15.6 Å². The molecule has 0 saturated carbocycles. The molecule has 3 heterocycles. The van der Waals surface area contributed by atoms with Gasteiger partial charge in [0.05, 0.1) is 12.2 Å². The quantitative estimate of drug-likeness (QED) is 0.869. The number of aromatic hydroxyl groups is 1. The molecule has 27 heavy (non-hydrogen) atoms. The van der Waals surface area contributed by atoms with E-state index < -0.39 is 0 Å². The van der Waals surface area contributed by atoms with Crippen LogP contribution in [-0.4, -0.2) is 40.7 Å². The molecule has 0 aliphatic carbocycles. The second-order valence-corrected chi connectivity index (χ2v) is 7.87. The smallest absolute Gasteiger partial charge is 0.122 e. The van der Waals surface area contributed by atoms with Crippen LogP contribution in [0.15, 0.2) is 36.7 Å². The van der Waals surface area contributed by atoms with E-state index in [2.05, 4.69) is 28.1 Å². The molecular weight excluding hydrogens is 338 g/mol. The standard InChI is InChI=1S/C22H29N3O2/c1-15-2-3-18-19(22(15)26)12-20(27-21(18)13-23)17-6-10-25(11-7-17)14-16-4-8-24-9-5-16/h2-5,8-9,17,20-21,26H,6-7,10-14,23H2,1H3. The SMILES string of the molecule is Cc1ccc2c(c1O)CC(C1CCN(Cc3ccncc3)CC1)OC2CN. The molecule has 0 spiro atoms. The van der Waals surface area contributed by atoms with E-state index in [1.807, 2.05) is 25.4 Å². The number of fused-ring (bicyclic) bond motifs is 1. The predicted octanol–water partition coefficient (Wildman–Crippen LogP) is 2.95. The van der Waals surface area contributed by atoms with Gasteiger partial charge in [-0.3, -0.25) is 9.88 Å². The number of phenols is 1. The van der Waals surface area contributed by atoms with Gasteiger partial charge in [0.2, 0.25) is 0 Å². The van der Waals surface area contributed by atoms with E-state index in [0.717, 1.165) is 55.6 Å². The van der Waals surface area contributed by atoms with Crippen LogP contribution in [-0.2, 0) is 17.7 Å². The minimum atomic E-state index is -0.111. The number of hydrogen-bond donors (Lipinski definition) is 2. The van der Waals surface area contributed by atoms with Crippen LogP contribution in [0.3, 0.4) is 0 Å². The van der Waals surface area contributed by atoms with Gasteiger partial charge in [0.25, 0.3) is 0 Å². The summed E-state index contributed by atoms with van der Waals surface area (Å²) in [6.07, 6.45) is 6.77. The largest absolute Gasteiger partial charge is 0.507 e. The van der Waals surface area contributed by atoms with Crippen molar-refractivity contribution in [2.45, 2.75) is 44.9 Å². The number of rotatable bonds is 4. The first-order valence-corrected chi connectivity index (χ1v) is 9.94. The highest BCUT2D eigenvalue weighted by molar-refractivity contribution is 5.47. The van der Waals surface area contributed by atoms with Gasteiger partial charge in [-0.25, -0.2) is 0 Å². The van der Waals surface area contributed by atoms with Crippen LogP contribution in [0.2, 0.25) is 0 Å². The Morgan fingerprint density at radius 2 is 1.93 bits per heavy atom. The zero-order valence-electron chi connectivity index (χ0n) is 16.0. The summed E-state index contributed by atoms with van der Waals surface area (Å²) < 4.78 is 6.39. The molecule has 3 N–H and O–H groups in total. The molecule has 1 fully saturated rings. The van der Waals surface area contributed by atoms with Crippen molar-refractivity contribution in [2.75, 3.05) is 19.6 Å². The summed E-state index contributed by atoms with van der Waals surface area (Å²) in [6.45, 7) is 5.54. The molecule has 1 saturated heterocycles. The fraction of sp³-hybridized carbons (Fsp3) is 0.500. The number of nitrogens with zero attached hydrogens (tertiary/aromatic N) is 2. The van der Waals surface area contributed by atoms with Crippen molar-refractivity contribution in [1.82, 2.24) is 9.88 Å². The third-order valence-corrected chi connectivity index (χ3v) is 6.14. The minimum Gasteiger partial charge on any atom is -0.507 e. The van der Waals surface area contributed by atoms with Crippen molar-refractivity contribution in [1.29, 1.82) is 0 Å². The van der Waals surface area contributed by atoms with E-state index in [4.69, 9.17) is 10.5 Å². The highest BCUT2D eigenvalue weighted by Crippen LogP contribution is 2.40. The zero-order chi connectivity index (χ0) is 18.8. The van der Waals surface area contributed by atoms with Crippen LogP contribution in [0, 0.1) is 12.8 Å². The first-order valence-electron chi connectivity index (χ1n) is 9.94. The Morgan fingerprint density at radius 1 is 1.19 bits per heavy atom. The van der Waals surface area contributed by atoms with E-state index in [1.165, 1.54) is 5.56 Å². The van der Waals surface area contributed by atoms with Gasteiger partial charge in [-0.2, -0.15) is 0 Å². The lowest BCUT2D eigenvalue weighted by Gasteiger charge is -2.40. The van der Waals surface area contributed by atoms with Crippen molar-refractivity contribution in [3.63, 3.8) is 0 Å². The number of piperidine rings is 1. The van der Waals surface area contributed by atoms with Gasteiger partial charge in [-0.1, -0.05) is 12.1 Å². The molecule has 1 aromatic heterocycles. The number of ether oxygens (including phenoxy) is 1. The second-order valence-electron chi connectivity index (χ2n) is 7.87. The topological polar surface area (TPSA) is 71.6 Å². The summed E-state index contributed by atoms with van der Waals surface area (Å²) >= 11 is 0. The Kier molecular flexibility index (Phi) is 5.43. The normalized spacial score (nSPS) is 23.9. The van der Waals surface area contributed by atoms with Gasteiger partial charge in [0, 0.05) is 37.5 Å². The van der Waals surface area contributed by atoms with E-state index in [9.17, 15) is 5.11 Å². The lowest BCUT2D eigenvalue weighted by molar-refractivity contribution is -0.0651. The third kappa shape index (κ3) is 3.86. The van der Waals surface area contributed by atoms with Crippen LogP contribution >= 0.6 is 0 Å². The average Bonchev–Trinajstić information content (AvgIpc) is 2.71. The number of aryl methyl sites for hydroxylation is 1. The first-order chi connectivity index (χ1) is 13.2. The number of nitrogens with two attached hydrogens (primary N) is 1. The van der Waals surface area contributed by atoms with Crippen molar-refractivity contribution >= 4 is 0 Å². The molecule has 144 valence electrons. The fourth-order valence-electron chi connectivity index (χ4n) is 4.51. The molecule has 2 aliphatic heterocycles. The first kappa shape index (κ1) is 18.4. The van der Waals surface area contributed by atoms with Gasteiger partial charge in [0.15, 0.2) is 0 Å². The van der Waals surface area contributed by atoms with Crippen molar-refractivity contribution in [2.24, 2.45) is 11.7 Å². The van der Waals surface area contributed by atoms with Crippen molar-refractivity contribution in [3.05, 3.63) is 58.9 Å². The fourth-order valence-corrected chi connectivity index (χ4v) is 4.51. The summed E-state index contributed by atoms with van der Waals surface area (Å²) in [5, 5.41) is 10.6. The number of aromatic nitrogens is 1. The molecule has 0 radical (unpaired) electrons. The van der Waals surface area contributed by atoms with Crippen LogP contribution in [0.5, 0.6) is 5.75 Å². The Balaban J connectivity index is 1.42. The molecule has 0 bridgehead atoms. The molecular formula is C22H29N3O2. The number of likely N-dealkylation sites (tertiary alicyclic amines) is 1. The summed E-state index contributed by atoms with van der Waals surface area (Å²) in [5.41, 5.74) is 10.3. The third-order valence-electron chi connectivity index (χ3n) is 6.14. The average molecular weight is 367 g/mol. The number of phenolic OH excluding ortho intramolecular Hbond substituents is 1.